The van der Waals surface area contributed by atoms with Gasteiger partial charge in [-0.15, -0.1) is 0 Å². The molecular formula is C21H31N2O3S+. The Hall–Kier alpha value is -1.08. The molecule has 148 valence electrons. The van der Waals surface area contributed by atoms with Gasteiger partial charge in [0.05, 0.1) is 20.1 Å². The number of likely N-dealkylation sites (N-methyl/N-ethyl adjacent to an activating group) is 1. The van der Waals surface area contributed by atoms with E-state index in [2.05, 4.69) is 11.9 Å². The number of hydrogen-bond donors (Lipinski definition) is 1. The normalized spacial score (nSPS) is 33.4. The lowest BCUT2D eigenvalue weighted by atomic mass is 9.83. The first kappa shape index (κ1) is 19.2. The Morgan fingerprint density at radius 2 is 1.93 bits per heavy atom. The van der Waals surface area contributed by atoms with Crippen LogP contribution in [0.3, 0.4) is 0 Å². The van der Waals surface area contributed by atoms with Gasteiger partial charge < -0.3 is 14.3 Å². The Bertz CT molecular complexity index is 657. The van der Waals surface area contributed by atoms with Crippen LogP contribution in [0.4, 0.5) is 0 Å². The van der Waals surface area contributed by atoms with Crippen molar-refractivity contribution in [3.05, 3.63) is 35.9 Å². The third-order valence-electron chi connectivity index (χ3n) is 6.63. The number of nitrogens with zero attached hydrogens (tertiary/aromatic N) is 2. The molecule has 27 heavy (non-hydrogen) atoms. The highest BCUT2D eigenvalue weighted by Crippen LogP contribution is 2.35. The van der Waals surface area contributed by atoms with E-state index in [1.54, 1.807) is 0 Å². The van der Waals surface area contributed by atoms with Crippen LogP contribution < -0.4 is 0 Å². The van der Waals surface area contributed by atoms with Crippen LogP contribution in [0, 0.1) is 5.92 Å². The van der Waals surface area contributed by atoms with Crippen molar-refractivity contribution in [3.8, 4) is 0 Å². The smallest absolute Gasteiger partial charge is 0.344 e. The van der Waals surface area contributed by atoms with Crippen molar-refractivity contribution < 1.29 is 19.1 Å². The molecule has 1 aromatic carbocycles. The Kier molecular flexibility index (Phi) is 5.52. The fourth-order valence-electron chi connectivity index (χ4n) is 4.79. The summed E-state index contributed by atoms with van der Waals surface area (Å²) in [6.07, 6.45) is 2.15. The van der Waals surface area contributed by atoms with E-state index in [9.17, 15) is 9.90 Å². The molecule has 1 aromatic rings. The van der Waals surface area contributed by atoms with Crippen molar-refractivity contribution >= 4 is 17.7 Å². The first-order valence-corrected chi connectivity index (χ1v) is 11.3. The minimum atomic E-state index is -1.60. The largest absolute Gasteiger partial charge is 0.454 e. The maximum Gasteiger partial charge on any atom is 0.344 e. The lowest BCUT2D eigenvalue weighted by Gasteiger charge is -2.50. The number of thioether (sulfide) groups is 1. The molecule has 0 amide bonds. The summed E-state index contributed by atoms with van der Waals surface area (Å²) in [5.74, 6) is 2.05. The maximum absolute atomic E-state index is 13.3. The average molecular weight is 392 g/mol. The number of β-amino-alcohol motifs (C(OH)–C–C–N with tert-alkyl or cyclic N) is 1. The fourth-order valence-corrected chi connectivity index (χ4v) is 5.77. The van der Waals surface area contributed by atoms with Crippen LogP contribution in [-0.2, 0) is 15.1 Å². The zero-order valence-electron chi connectivity index (χ0n) is 16.2. The molecule has 6 heteroatoms. The van der Waals surface area contributed by atoms with Crippen LogP contribution in [-0.4, -0.2) is 84.4 Å². The lowest BCUT2D eigenvalue weighted by Crippen LogP contribution is -2.63. The van der Waals surface area contributed by atoms with Gasteiger partial charge in [0.15, 0.2) is 11.7 Å². The molecule has 4 aliphatic rings. The van der Waals surface area contributed by atoms with Gasteiger partial charge in [-0.2, -0.15) is 11.8 Å². The Balaban J connectivity index is 1.53. The summed E-state index contributed by atoms with van der Waals surface area (Å²) in [6.45, 7) is 5.32. The standard InChI is InChI=1S/C21H31N2O3S/c1-23-11-7-17(8-12-23)19(15-23)26-20(24)21(25,18-5-3-2-4-6-18)16-22-9-13-27-14-10-22/h2-6,17,19,25H,7-16H2,1H3/q+1. The van der Waals surface area contributed by atoms with Crippen LogP contribution in [0.5, 0.6) is 0 Å². The predicted molar refractivity (Wildman–Crippen MR) is 107 cm³/mol. The van der Waals surface area contributed by atoms with E-state index in [0.717, 1.165) is 48.5 Å². The van der Waals surface area contributed by atoms with Crippen molar-refractivity contribution in [1.82, 2.24) is 4.90 Å². The third kappa shape index (κ3) is 4.04. The number of aliphatic hydroxyl groups is 1. The van der Waals surface area contributed by atoms with Gasteiger partial charge in [0.1, 0.15) is 6.54 Å². The summed E-state index contributed by atoms with van der Waals surface area (Å²) in [5, 5.41) is 11.5. The molecule has 5 nitrogen and oxygen atoms in total. The molecule has 0 radical (unpaired) electrons. The first-order chi connectivity index (χ1) is 13.0. The number of quaternary nitrogens is 1. The van der Waals surface area contributed by atoms with E-state index in [4.69, 9.17) is 4.74 Å². The third-order valence-corrected chi connectivity index (χ3v) is 7.57. The number of piperidine rings is 3. The van der Waals surface area contributed by atoms with Crippen LogP contribution >= 0.6 is 11.8 Å². The zero-order chi connectivity index (χ0) is 18.9. The quantitative estimate of drug-likeness (QED) is 0.612. The number of hydrogen-bond acceptors (Lipinski definition) is 5. The molecule has 1 N–H and O–H groups in total. The number of benzene rings is 1. The van der Waals surface area contributed by atoms with Crippen LogP contribution in [0.1, 0.15) is 18.4 Å². The molecule has 4 saturated heterocycles. The predicted octanol–water partition coefficient (Wildman–Crippen LogP) is 1.71. The Labute approximate surface area is 166 Å². The lowest BCUT2D eigenvalue weighted by molar-refractivity contribution is -0.928. The van der Waals surface area contributed by atoms with Gasteiger partial charge in [-0.3, -0.25) is 4.90 Å². The summed E-state index contributed by atoms with van der Waals surface area (Å²) in [7, 11) is 2.25. The van der Waals surface area contributed by atoms with E-state index in [1.165, 1.54) is 13.1 Å². The summed E-state index contributed by atoms with van der Waals surface area (Å²) in [4.78, 5) is 15.5. The number of fused-ring (bicyclic) bond motifs is 3. The van der Waals surface area contributed by atoms with Gasteiger partial charge in [-0.25, -0.2) is 4.79 Å². The topological polar surface area (TPSA) is 49.8 Å². The van der Waals surface area contributed by atoms with E-state index < -0.39 is 11.6 Å². The monoisotopic (exact) mass is 391 g/mol. The van der Waals surface area contributed by atoms with E-state index >= 15 is 0 Å². The zero-order valence-corrected chi connectivity index (χ0v) is 17.0. The molecule has 5 rings (SSSR count). The van der Waals surface area contributed by atoms with Gasteiger partial charge in [0.2, 0.25) is 0 Å². The summed E-state index contributed by atoms with van der Waals surface area (Å²) < 4.78 is 7.00. The average Bonchev–Trinajstić information content (AvgIpc) is 2.69. The van der Waals surface area contributed by atoms with Gasteiger partial charge in [0, 0.05) is 49.9 Å². The second-order valence-corrected chi connectivity index (χ2v) is 9.87. The second kappa shape index (κ2) is 7.74. The van der Waals surface area contributed by atoms with Gasteiger partial charge in [-0.05, 0) is 5.56 Å². The first-order valence-electron chi connectivity index (χ1n) is 10.1. The molecule has 4 heterocycles. The van der Waals surface area contributed by atoms with Gasteiger partial charge >= 0.3 is 5.97 Å². The maximum atomic E-state index is 13.3. The van der Waals surface area contributed by atoms with E-state index in [-0.39, 0.29) is 6.10 Å². The minimum Gasteiger partial charge on any atom is -0.454 e. The number of ether oxygens (including phenoxy) is 1. The molecule has 4 aliphatic heterocycles. The van der Waals surface area contributed by atoms with Crippen LogP contribution in [0.15, 0.2) is 30.3 Å². The molecule has 2 bridgehead atoms. The number of esters is 1. The summed E-state index contributed by atoms with van der Waals surface area (Å²) in [6, 6.07) is 9.33. The molecule has 0 aliphatic carbocycles. The van der Waals surface area contributed by atoms with Crippen molar-refractivity contribution in [3.63, 3.8) is 0 Å². The molecule has 0 aromatic heterocycles. The van der Waals surface area contributed by atoms with Crippen molar-refractivity contribution in [2.45, 2.75) is 24.5 Å². The number of rotatable bonds is 5. The fraction of sp³-hybridized carbons (Fsp3) is 0.667. The van der Waals surface area contributed by atoms with Crippen molar-refractivity contribution in [2.75, 3.05) is 57.8 Å². The molecule has 4 fully saturated rings. The highest BCUT2D eigenvalue weighted by molar-refractivity contribution is 7.99. The summed E-state index contributed by atoms with van der Waals surface area (Å²) >= 11 is 1.92. The molecule has 0 spiro atoms. The van der Waals surface area contributed by atoms with Crippen molar-refractivity contribution in [2.24, 2.45) is 5.92 Å². The minimum absolute atomic E-state index is 0.0721. The molecular weight excluding hydrogens is 360 g/mol. The molecule has 2 unspecified atom stereocenters. The van der Waals surface area contributed by atoms with E-state index in [0.29, 0.717) is 18.0 Å². The number of carbonyl (C=O) groups excluding carboxylic acids is 1. The SMILES string of the molecule is C[N+]12CCC(CC1)C(OC(=O)C(O)(CN1CCSCC1)c1ccccc1)C2. The van der Waals surface area contributed by atoms with Gasteiger partial charge in [0.25, 0.3) is 0 Å². The Morgan fingerprint density at radius 3 is 2.56 bits per heavy atom. The van der Waals surface area contributed by atoms with Crippen LogP contribution in [0.2, 0.25) is 0 Å². The molecule has 2 atom stereocenters. The molecule has 0 saturated carbocycles. The van der Waals surface area contributed by atoms with Crippen LogP contribution in [0.25, 0.3) is 0 Å². The Morgan fingerprint density at radius 1 is 1.26 bits per heavy atom. The van der Waals surface area contributed by atoms with Gasteiger partial charge in [-0.1, -0.05) is 30.3 Å². The highest BCUT2D eigenvalue weighted by atomic mass is 32.2. The van der Waals surface area contributed by atoms with E-state index in [1.807, 2.05) is 42.1 Å². The van der Waals surface area contributed by atoms with Crippen molar-refractivity contribution in [1.29, 1.82) is 0 Å². The highest BCUT2D eigenvalue weighted by Gasteiger charge is 2.49. The second-order valence-electron chi connectivity index (χ2n) is 8.65. The number of carbonyl (C=O) groups is 1. The summed E-state index contributed by atoms with van der Waals surface area (Å²) in [5.41, 5.74) is -0.969.